The van der Waals surface area contributed by atoms with E-state index in [4.69, 9.17) is 10.2 Å². The highest BCUT2D eigenvalue weighted by Gasteiger charge is 2.22. The van der Waals surface area contributed by atoms with Gasteiger partial charge in [0, 0.05) is 0 Å². The van der Waals surface area contributed by atoms with Crippen molar-refractivity contribution in [2.45, 2.75) is 13.3 Å². The van der Waals surface area contributed by atoms with E-state index in [9.17, 15) is 9.59 Å². The zero-order valence-corrected chi connectivity index (χ0v) is 8.46. The molecule has 0 radical (unpaired) electrons. The fraction of sp³-hybridized carbons (Fsp3) is 0.273. The zero-order chi connectivity index (χ0) is 11.7. The van der Waals surface area contributed by atoms with Gasteiger partial charge in [0.15, 0.2) is 5.92 Å². The van der Waals surface area contributed by atoms with Crippen molar-refractivity contribution >= 4 is 11.9 Å². The summed E-state index contributed by atoms with van der Waals surface area (Å²) in [5.74, 6) is -3.79. The van der Waals surface area contributed by atoms with Crippen molar-refractivity contribution in [2.24, 2.45) is 5.92 Å². The lowest BCUT2D eigenvalue weighted by Crippen LogP contribution is -2.21. The Kier molecular flexibility index (Phi) is 6.63. The molecular weight excluding hydrogens is 196 g/mol. The van der Waals surface area contributed by atoms with Crippen LogP contribution >= 0.6 is 0 Å². The molecule has 4 heteroatoms. The van der Waals surface area contributed by atoms with Crippen LogP contribution in [0.3, 0.4) is 0 Å². The van der Waals surface area contributed by atoms with Crippen molar-refractivity contribution in [3.05, 3.63) is 36.4 Å². The third-order valence-corrected chi connectivity index (χ3v) is 1.67. The van der Waals surface area contributed by atoms with Crippen LogP contribution in [0.1, 0.15) is 13.3 Å². The lowest BCUT2D eigenvalue weighted by atomic mass is 10.1. The van der Waals surface area contributed by atoms with E-state index in [0.717, 1.165) is 0 Å². The summed E-state index contributed by atoms with van der Waals surface area (Å²) in [5.41, 5.74) is 0. The molecule has 0 atom stereocenters. The second-order valence-corrected chi connectivity index (χ2v) is 2.79. The first-order valence-corrected chi connectivity index (χ1v) is 4.55. The maximum absolute atomic E-state index is 9.99. The molecule has 0 unspecified atom stereocenters. The molecule has 0 saturated heterocycles. The molecule has 0 aliphatic heterocycles. The predicted octanol–water partition coefficient (Wildman–Crippen LogP) is 1.87. The molecule has 0 heterocycles. The molecule has 15 heavy (non-hydrogen) atoms. The van der Waals surface area contributed by atoms with Gasteiger partial charge in [-0.1, -0.05) is 43.3 Å². The summed E-state index contributed by atoms with van der Waals surface area (Å²) in [5, 5.41) is 16.3. The van der Waals surface area contributed by atoms with Crippen LogP contribution in [0.5, 0.6) is 0 Å². The first kappa shape index (κ1) is 13.2. The topological polar surface area (TPSA) is 74.6 Å². The average Bonchev–Trinajstić information content (AvgIpc) is 2.21. The first-order valence-electron chi connectivity index (χ1n) is 4.55. The highest BCUT2D eigenvalue weighted by Crippen LogP contribution is 2.00. The SMILES string of the molecule is CCC(C(=O)O)C(=O)O.c1ccccc1. The molecule has 1 rings (SSSR count). The van der Waals surface area contributed by atoms with Crippen LogP contribution in [-0.2, 0) is 9.59 Å². The largest absolute Gasteiger partial charge is 0.481 e. The summed E-state index contributed by atoms with van der Waals surface area (Å²) in [7, 11) is 0. The molecule has 82 valence electrons. The highest BCUT2D eigenvalue weighted by atomic mass is 16.4. The monoisotopic (exact) mass is 210 g/mol. The number of carbonyl (C=O) groups is 2. The van der Waals surface area contributed by atoms with E-state index >= 15 is 0 Å². The third kappa shape index (κ3) is 6.26. The Morgan fingerprint density at radius 2 is 1.20 bits per heavy atom. The van der Waals surface area contributed by atoms with Gasteiger partial charge in [-0.15, -0.1) is 0 Å². The van der Waals surface area contributed by atoms with Gasteiger partial charge < -0.3 is 10.2 Å². The number of rotatable bonds is 3. The molecule has 0 fully saturated rings. The van der Waals surface area contributed by atoms with Gasteiger partial charge >= 0.3 is 11.9 Å². The maximum atomic E-state index is 9.99. The summed E-state index contributed by atoms with van der Waals surface area (Å²) >= 11 is 0. The van der Waals surface area contributed by atoms with Gasteiger partial charge in [0.25, 0.3) is 0 Å². The Labute approximate surface area is 88.2 Å². The van der Waals surface area contributed by atoms with E-state index < -0.39 is 17.9 Å². The molecule has 0 bridgehead atoms. The van der Waals surface area contributed by atoms with Crippen LogP contribution in [0.4, 0.5) is 0 Å². The average molecular weight is 210 g/mol. The Morgan fingerprint density at radius 3 is 1.27 bits per heavy atom. The fourth-order valence-corrected chi connectivity index (χ4v) is 0.840. The van der Waals surface area contributed by atoms with Crippen molar-refractivity contribution < 1.29 is 19.8 Å². The number of hydrogen-bond donors (Lipinski definition) is 2. The van der Waals surface area contributed by atoms with Crippen LogP contribution in [0.25, 0.3) is 0 Å². The normalized spacial score (nSPS) is 8.93. The van der Waals surface area contributed by atoms with E-state index in [1.54, 1.807) is 0 Å². The van der Waals surface area contributed by atoms with Crippen LogP contribution in [-0.4, -0.2) is 22.2 Å². The number of hydrogen-bond acceptors (Lipinski definition) is 2. The lowest BCUT2D eigenvalue weighted by Gasteiger charge is -2.00. The molecule has 0 aliphatic rings. The van der Waals surface area contributed by atoms with Crippen LogP contribution in [0, 0.1) is 5.92 Å². The predicted molar refractivity (Wildman–Crippen MR) is 55.5 cm³/mol. The standard InChI is InChI=1S/C6H6.C5H8O4/c1-2-4-6-5-3-1;1-2-3(4(6)7)5(8)9/h1-6H;3H,2H2,1H3,(H,6,7)(H,8,9). The Balaban J connectivity index is 0.000000280. The lowest BCUT2D eigenvalue weighted by molar-refractivity contribution is -0.154. The van der Waals surface area contributed by atoms with Crippen molar-refractivity contribution in [3.63, 3.8) is 0 Å². The molecule has 1 aromatic carbocycles. The van der Waals surface area contributed by atoms with Gasteiger partial charge in [0.05, 0.1) is 0 Å². The number of carboxylic acid groups (broad SMARTS) is 2. The summed E-state index contributed by atoms with van der Waals surface area (Å²) < 4.78 is 0. The second kappa shape index (κ2) is 7.55. The summed E-state index contributed by atoms with van der Waals surface area (Å²) in [6, 6.07) is 12.0. The first-order chi connectivity index (χ1) is 7.09. The zero-order valence-electron chi connectivity index (χ0n) is 8.46. The molecule has 0 saturated carbocycles. The van der Waals surface area contributed by atoms with Crippen molar-refractivity contribution in [2.75, 3.05) is 0 Å². The van der Waals surface area contributed by atoms with Gasteiger partial charge in [0.1, 0.15) is 0 Å². The summed E-state index contributed by atoms with van der Waals surface area (Å²) in [6.07, 6.45) is 0.130. The highest BCUT2D eigenvalue weighted by molar-refractivity contribution is 5.92. The van der Waals surface area contributed by atoms with Gasteiger partial charge in [-0.05, 0) is 6.42 Å². The number of carboxylic acids is 2. The molecule has 4 nitrogen and oxygen atoms in total. The minimum atomic E-state index is -1.27. The van der Waals surface area contributed by atoms with Crippen LogP contribution in [0.2, 0.25) is 0 Å². The second-order valence-electron chi connectivity index (χ2n) is 2.79. The number of benzene rings is 1. The van der Waals surface area contributed by atoms with Crippen molar-refractivity contribution in [3.8, 4) is 0 Å². The van der Waals surface area contributed by atoms with E-state index in [2.05, 4.69) is 0 Å². The molecule has 2 N–H and O–H groups in total. The Hall–Kier alpha value is -1.84. The van der Waals surface area contributed by atoms with Crippen LogP contribution < -0.4 is 0 Å². The molecule has 0 aromatic heterocycles. The minimum Gasteiger partial charge on any atom is -0.481 e. The maximum Gasteiger partial charge on any atom is 0.317 e. The van der Waals surface area contributed by atoms with Gasteiger partial charge in [-0.3, -0.25) is 9.59 Å². The van der Waals surface area contributed by atoms with E-state index in [-0.39, 0.29) is 6.42 Å². The third-order valence-electron chi connectivity index (χ3n) is 1.67. The van der Waals surface area contributed by atoms with E-state index in [0.29, 0.717) is 0 Å². The van der Waals surface area contributed by atoms with Gasteiger partial charge in [0.2, 0.25) is 0 Å². The molecule has 0 amide bonds. The van der Waals surface area contributed by atoms with E-state index in [1.165, 1.54) is 6.92 Å². The smallest absolute Gasteiger partial charge is 0.317 e. The molecule has 0 spiro atoms. The summed E-state index contributed by atoms with van der Waals surface area (Å²) in [4.78, 5) is 20.0. The Bertz CT molecular complexity index is 254. The minimum absolute atomic E-state index is 0.130. The van der Waals surface area contributed by atoms with Gasteiger partial charge in [-0.25, -0.2) is 0 Å². The summed E-state index contributed by atoms with van der Waals surface area (Å²) in [6.45, 7) is 1.52. The number of aliphatic carboxylic acids is 2. The Morgan fingerprint density at radius 1 is 0.933 bits per heavy atom. The van der Waals surface area contributed by atoms with Crippen LogP contribution in [0.15, 0.2) is 36.4 Å². The molecule has 1 aromatic rings. The van der Waals surface area contributed by atoms with Gasteiger partial charge in [-0.2, -0.15) is 0 Å². The van der Waals surface area contributed by atoms with Crippen molar-refractivity contribution in [1.29, 1.82) is 0 Å². The quantitative estimate of drug-likeness (QED) is 0.747. The molecule has 0 aliphatic carbocycles. The van der Waals surface area contributed by atoms with E-state index in [1.807, 2.05) is 36.4 Å². The molecular formula is C11H14O4. The van der Waals surface area contributed by atoms with Crippen molar-refractivity contribution in [1.82, 2.24) is 0 Å². The fourth-order valence-electron chi connectivity index (χ4n) is 0.840.